The van der Waals surface area contributed by atoms with Gasteiger partial charge in [-0.2, -0.15) is 9.38 Å². The molecule has 122 valence electrons. The molecule has 0 fully saturated rings. The molecule has 0 unspecified atom stereocenters. The Hall–Kier alpha value is -2.74. The number of hydrogen-bond donors (Lipinski definition) is 0. The maximum Gasteiger partial charge on any atom is 0.362 e. The zero-order valence-corrected chi connectivity index (χ0v) is 13.4. The molecule has 0 amide bonds. The first-order valence-corrected chi connectivity index (χ1v) is 8.23. The highest BCUT2D eigenvalue weighted by Gasteiger charge is 2.23. The topological polar surface area (TPSA) is 78.9 Å². The van der Waals surface area contributed by atoms with E-state index in [-0.39, 0.29) is 5.82 Å². The summed E-state index contributed by atoms with van der Waals surface area (Å²) in [5, 5.41) is 11.8. The molecular formula is C16H13N3O4S. The molecule has 24 heavy (non-hydrogen) atoms. The summed E-state index contributed by atoms with van der Waals surface area (Å²) in [5.74, 6) is 1.31. The first-order chi connectivity index (χ1) is 11.7. The van der Waals surface area contributed by atoms with Crippen molar-refractivity contribution in [1.82, 2.24) is 9.38 Å². The maximum absolute atomic E-state index is 11.5. The van der Waals surface area contributed by atoms with Crippen LogP contribution in [0.3, 0.4) is 0 Å². The molecule has 1 aromatic carbocycles. The Kier molecular flexibility index (Phi) is 3.73. The second-order valence-electron chi connectivity index (χ2n) is 5.19. The molecule has 0 spiro atoms. The van der Waals surface area contributed by atoms with Crippen LogP contribution in [0, 0.1) is 10.1 Å². The van der Waals surface area contributed by atoms with Gasteiger partial charge in [0.05, 0.1) is 19.4 Å². The van der Waals surface area contributed by atoms with Crippen molar-refractivity contribution in [3.8, 4) is 11.5 Å². The van der Waals surface area contributed by atoms with Crippen LogP contribution in [0.2, 0.25) is 0 Å². The van der Waals surface area contributed by atoms with Crippen LogP contribution in [0.25, 0.3) is 5.65 Å². The van der Waals surface area contributed by atoms with Crippen LogP contribution in [0.15, 0.2) is 52.5 Å². The Balaban J connectivity index is 1.73. The number of nitro groups is 1. The molecule has 0 radical (unpaired) electrons. The highest BCUT2D eigenvalue weighted by Crippen LogP contribution is 2.39. The normalized spacial score (nSPS) is 13.7. The van der Waals surface area contributed by atoms with Gasteiger partial charge in [0, 0.05) is 17.4 Å². The van der Waals surface area contributed by atoms with Crippen molar-refractivity contribution in [1.29, 1.82) is 0 Å². The summed E-state index contributed by atoms with van der Waals surface area (Å²) in [7, 11) is 0. The number of imidazole rings is 1. The summed E-state index contributed by atoms with van der Waals surface area (Å²) in [6.45, 7) is 1.22. The minimum atomic E-state index is -0.411. The van der Waals surface area contributed by atoms with Gasteiger partial charge in [0.1, 0.15) is 0 Å². The van der Waals surface area contributed by atoms with Crippen molar-refractivity contribution < 1.29 is 14.4 Å². The van der Waals surface area contributed by atoms with Crippen molar-refractivity contribution in [2.75, 3.05) is 13.2 Å². The zero-order chi connectivity index (χ0) is 16.5. The molecule has 8 heteroatoms. The fraction of sp³-hybridized carbons (Fsp3) is 0.188. The van der Waals surface area contributed by atoms with Crippen molar-refractivity contribution in [3.63, 3.8) is 0 Å². The molecule has 0 aliphatic carbocycles. The number of fused-ring (bicyclic) bond motifs is 2. The Labute approximate surface area is 141 Å². The van der Waals surface area contributed by atoms with Crippen LogP contribution in [0.4, 0.5) is 5.82 Å². The van der Waals surface area contributed by atoms with Gasteiger partial charge in [0.2, 0.25) is 5.65 Å². The van der Waals surface area contributed by atoms with Gasteiger partial charge in [-0.3, -0.25) is 0 Å². The Bertz CT molecular complexity index is 925. The lowest BCUT2D eigenvalue weighted by Gasteiger charge is -2.08. The van der Waals surface area contributed by atoms with E-state index in [1.807, 2.05) is 18.2 Å². The molecule has 3 aromatic rings. The minimum absolute atomic E-state index is 0.0392. The van der Waals surface area contributed by atoms with E-state index in [1.165, 1.54) is 16.2 Å². The first-order valence-electron chi connectivity index (χ1n) is 7.41. The van der Waals surface area contributed by atoms with E-state index in [0.717, 1.165) is 11.3 Å². The van der Waals surface area contributed by atoms with Crippen LogP contribution in [0.1, 0.15) is 6.42 Å². The van der Waals surface area contributed by atoms with Crippen LogP contribution >= 0.6 is 11.8 Å². The lowest BCUT2D eigenvalue weighted by Crippen LogP contribution is -1.97. The smallest absolute Gasteiger partial charge is 0.362 e. The number of hydrogen-bond acceptors (Lipinski definition) is 6. The second kappa shape index (κ2) is 6.04. The monoisotopic (exact) mass is 343 g/mol. The third-order valence-electron chi connectivity index (χ3n) is 3.58. The summed E-state index contributed by atoms with van der Waals surface area (Å²) in [6, 6.07) is 10.8. The fourth-order valence-electron chi connectivity index (χ4n) is 2.51. The number of benzene rings is 1. The van der Waals surface area contributed by atoms with E-state index in [2.05, 4.69) is 4.98 Å². The van der Waals surface area contributed by atoms with Gasteiger partial charge < -0.3 is 19.6 Å². The third kappa shape index (κ3) is 2.65. The number of pyridine rings is 1. The Morgan fingerprint density at radius 3 is 2.83 bits per heavy atom. The van der Waals surface area contributed by atoms with E-state index >= 15 is 0 Å². The molecule has 3 heterocycles. The number of rotatable bonds is 3. The van der Waals surface area contributed by atoms with Crippen LogP contribution in [-0.4, -0.2) is 27.5 Å². The van der Waals surface area contributed by atoms with Gasteiger partial charge >= 0.3 is 5.82 Å². The van der Waals surface area contributed by atoms with E-state index in [1.54, 1.807) is 24.4 Å². The second-order valence-corrected chi connectivity index (χ2v) is 6.25. The van der Waals surface area contributed by atoms with Gasteiger partial charge in [-0.15, -0.1) is 0 Å². The van der Waals surface area contributed by atoms with Crippen LogP contribution < -0.4 is 9.47 Å². The number of ether oxygens (including phenoxy) is 2. The predicted octanol–water partition coefficient (Wildman–Crippen LogP) is 3.56. The highest BCUT2D eigenvalue weighted by atomic mass is 32.2. The summed E-state index contributed by atoms with van der Waals surface area (Å²) in [4.78, 5) is 16.2. The van der Waals surface area contributed by atoms with E-state index in [4.69, 9.17) is 9.47 Å². The molecule has 0 bridgehead atoms. The molecule has 0 saturated carbocycles. The maximum atomic E-state index is 11.5. The molecule has 4 rings (SSSR count). The standard InChI is InChI=1S/C16H13N3O4S/c20-19(21)16-15(17-14-4-1-2-7-18(14)16)24-11-5-6-12-13(10-11)23-9-3-8-22-12/h1-2,4-7,10H,3,8-9H2. The molecular weight excluding hydrogens is 330 g/mol. The third-order valence-corrected chi connectivity index (χ3v) is 4.54. The molecule has 0 saturated heterocycles. The van der Waals surface area contributed by atoms with Crippen LogP contribution in [-0.2, 0) is 0 Å². The van der Waals surface area contributed by atoms with Crippen LogP contribution in [0.5, 0.6) is 11.5 Å². The van der Waals surface area contributed by atoms with Crippen molar-refractivity contribution >= 4 is 23.2 Å². The molecule has 2 aromatic heterocycles. The molecule has 0 N–H and O–H groups in total. The highest BCUT2D eigenvalue weighted by molar-refractivity contribution is 7.99. The SMILES string of the molecule is O=[N+]([O-])c1c(Sc2ccc3c(c2)OCCCO3)nc2ccccn12. The van der Waals surface area contributed by atoms with E-state index < -0.39 is 4.92 Å². The summed E-state index contributed by atoms with van der Waals surface area (Å²) >= 11 is 1.24. The van der Waals surface area contributed by atoms with Crippen molar-refractivity contribution in [2.24, 2.45) is 0 Å². The van der Waals surface area contributed by atoms with Gasteiger partial charge in [0.15, 0.2) is 16.5 Å². The molecule has 7 nitrogen and oxygen atoms in total. The average molecular weight is 343 g/mol. The quantitative estimate of drug-likeness (QED) is 0.534. The minimum Gasteiger partial charge on any atom is -0.490 e. The Morgan fingerprint density at radius 1 is 1.17 bits per heavy atom. The summed E-state index contributed by atoms with van der Waals surface area (Å²) in [5.41, 5.74) is 0.543. The zero-order valence-electron chi connectivity index (χ0n) is 12.5. The molecule has 1 aliphatic rings. The fourth-order valence-corrected chi connectivity index (χ4v) is 3.44. The lowest BCUT2D eigenvalue weighted by molar-refractivity contribution is -0.393. The largest absolute Gasteiger partial charge is 0.490 e. The van der Waals surface area contributed by atoms with Gasteiger partial charge in [-0.05, 0) is 29.2 Å². The Morgan fingerprint density at radius 2 is 2.00 bits per heavy atom. The predicted molar refractivity (Wildman–Crippen MR) is 88.0 cm³/mol. The van der Waals surface area contributed by atoms with E-state index in [0.29, 0.717) is 35.4 Å². The van der Waals surface area contributed by atoms with Crippen molar-refractivity contribution in [2.45, 2.75) is 16.3 Å². The lowest BCUT2D eigenvalue weighted by atomic mass is 10.3. The number of nitrogens with zero attached hydrogens (tertiary/aromatic N) is 3. The van der Waals surface area contributed by atoms with Crippen molar-refractivity contribution in [3.05, 3.63) is 52.7 Å². The van der Waals surface area contributed by atoms with Gasteiger partial charge in [0.25, 0.3) is 0 Å². The molecule has 0 atom stereocenters. The average Bonchev–Trinajstić information content (AvgIpc) is 2.77. The van der Waals surface area contributed by atoms with E-state index in [9.17, 15) is 10.1 Å². The van der Waals surface area contributed by atoms with Gasteiger partial charge in [-0.25, -0.2) is 0 Å². The summed E-state index contributed by atoms with van der Waals surface area (Å²) < 4.78 is 12.7. The summed E-state index contributed by atoms with van der Waals surface area (Å²) in [6.07, 6.45) is 2.47. The first kappa shape index (κ1) is 14.8. The van der Waals surface area contributed by atoms with Gasteiger partial charge in [-0.1, -0.05) is 17.8 Å². The molecule has 1 aliphatic heterocycles. The number of aromatic nitrogens is 2.